The van der Waals surface area contributed by atoms with E-state index in [4.69, 9.17) is 9.47 Å². The molecule has 98 valence electrons. The number of hydrogen-bond acceptors (Lipinski definition) is 4. The summed E-state index contributed by atoms with van der Waals surface area (Å²) in [7, 11) is 1.66. The topological polar surface area (TPSA) is 35.5 Å². The van der Waals surface area contributed by atoms with Gasteiger partial charge in [0, 0.05) is 24.2 Å². The van der Waals surface area contributed by atoms with E-state index in [9.17, 15) is 4.79 Å². The number of benzene rings is 1. The molecule has 18 heavy (non-hydrogen) atoms. The van der Waals surface area contributed by atoms with Crippen molar-refractivity contribution in [3.05, 3.63) is 29.8 Å². The van der Waals surface area contributed by atoms with Crippen molar-refractivity contribution in [3.8, 4) is 0 Å². The van der Waals surface area contributed by atoms with E-state index in [0.29, 0.717) is 6.61 Å². The minimum Gasteiger partial charge on any atom is -0.465 e. The Hall–Kier alpha value is -1.00. The highest BCUT2D eigenvalue weighted by Crippen LogP contribution is 2.39. The Labute approximate surface area is 112 Å². The van der Waals surface area contributed by atoms with E-state index in [0.717, 1.165) is 17.7 Å². The predicted molar refractivity (Wildman–Crippen MR) is 72.0 cm³/mol. The monoisotopic (exact) mass is 266 g/mol. The van der Waals surface area contributed by atoms with Gasteiger partial charge in [-0.2, -0.15) is 0 Å². The van der Waals surface area contributed by atoms with Gasteiger partial charge in [-0.1, -0.05) is 18.2 Å². The molecular weight excluding hydrogens is 248 g/mol. The second-order valence-electron chi connectivity index (χ2n) is 4.40. The number of carbonyl (C=O) groups excluding carboxylic acids is 1. The first-order chi connectivity index (χ1) is 8.72. The number of esters is 1. The second kappa shape index (κ2) is 6.25. The molecule has 0 aromatic heterocycles. The van der Waals surface area contributed by atoms with Gasteiger partial charge < -0.3 is 9.47 Å². The van der Waals surface area contributed by atoms with E-state index < -0.39 is 0 Å². The lowest BCUT2D eigenvalue weighted by Gasteiger charge is -2.13. The van der Waals surface area contributed by atoms with Crippen molar-refractivity contribution in [2.45, 2.75) is 30.3 Å². The van der Waals surface area contributed by atoms with E-state index in [1.807, 2.05) is 25.1 Å². The third-order valence-corrected chi connectivity index (χ3v) is 4.34. The molecule has 1 aromatic carbocycles. The van der Waals surface area contributed by atoms with Crippen LogP contribution >= 0.6 is 11.8 Å². The van der Waals surface area contributed by atoms with Crippen molar-refractivity contribution in [1.29, 1.82) is 0 Å². The Morgan fingerprint density at radius 1 is 1.50 bits per heavy atom. The van der Waals surface area contributed by atoms with Crippen molar-refractivity contribution in [1.82, 2.24) is 0 Å². The molecule has 0 bridgehead atoms. The first kappa shape index (κ1) is 13.4. The summed E-state index contributed by atoms with van der Waals surface area (Å²) in [6, 6.07) is 8.04. The summed E-state index contributed by atoms with van der Waals surface area (Å²) in [5, 5.41) is 0. The van der Waals surface area contributed by atoms with Crippen LogP contribution in [0.5, 0.6) is 0 Å². The van der Waals surface area contributed by atoms with E-state index in [1.165, 1.54) is 4.90 Å². The Bertz CT molecular complexity index is 419. The van der Waals surface area contributed by atoms with Gasteiger partial charge in [-0.05, 0) is 18.6 Å². The van der Waals surface area contributed by atoms with Gasteiger partial charge >= 0.3 is 5.97 Å². The molecule has 0 aliphatic carbocycles. The third-order valence-electron chi connectivity index (χ3n) is 3.16. The van der Waals surface area contributed by atoms with Crippen molar-refractivity contribution in [3.63, 3.8) is 0 Å². The number of hydrogen-bond donors (Lipinski definition) is 0. The summed E-state index contributed by atoms with van der Waals surface area (Å²) in [5.41, 5.74) is 1.10. The number of fused-ring (bicyclic) bond motifs is 1. The summed E-state index contributed by atoms with van der Waals surface area (Å²) in [4.78, 5) is 13.2. The standard InChI is InChI=1S/C14H18O3S/c1-10(16-2)7-8-17-14(15)12-9-18-13-6-4-3-5-11(12)13/h3-6,10,12H,7-9H2,1-2H3/t10-,12+/m1/s1. The molecule has 1 aliphatic rings. The average molecular weight is 266 g/mol. The van der Waals surface area contributed by atoms with Crippen molar-refractivity contribution in [2.75, 3.05) is 19.5 Å². The van der Waals surface area contributed by atoms with Crippen LogP contribution in [-0.4, -0.2) is 31.5 Å². The zero-order valence-electron chi connectivity index (χ0n) is 10.7. The lowest BCUT2D eigenvalue weighted by Crippen LogP contribution is -2.18. The molecule has 0 fully saturated rings. The second-order valence-corrected chi connectivity index (χ2v) is 5.47. The highest BCUT2D eigenvalue weighted by molar-refractivity contribution is 7.99. The highest BCUT2D eigenvalue weighted by atomic mass is 32.2. The number of rotatable bonds is 5. The van der Waals surface area contributed by atoms with Gasteiger partial charge in [0.15, 0.2) is 0 Å². The lowest BCUT2D eigenvalue weighted by atomic mass is 10.0. The Morgan fingerprint density at radius 2 is 2.28 bits per heavy atom. The SMILES string of the molecule is CO[C@H](C)CCOC(=O)[C@H]1CSc2ccccc21. The Morgan fingerprint density at radius 3 is 3.06 bits per heavy atom. The minimum absolute atomic E-state index is 0.107. The van der Waals surface area contributed by atoms with Crippen molar-refractivity contribution in [2.24, 2.45) is 0 Å². The van der Waals surface area contributed by atoms with Crippen LogP contribution in [0.15, 0.2) is 29.2 Å². The van der Waals surface area contributed by atoms with Crippen LogP contribution in [-0.2, 0) is 14.3 Å². The van der Waals surface area contributed by atoms with Gasteiger partial charge in [0.05, 0.1) is 18.6 Å². The number of ether oxygens (including phenoxy) is 2. The zero-order chi connectivity index (χ0) is 13.0. The summed E-state index contributed by atoms with van der Waals surface area (Å²) in [6.07, 6.45) is 0.868. The maximum absolute atomic E-state index is 12.0. The van der Waals surface area contributed by atoms with Gasteiger partial charge in [0.2, 0.25) is 0 Å². The lowest BCUT2D eigenvalue weighted by molar-refractivity contribution is -0.145. The largest absolute Gasteiger partial charge is 0.465 e. The summed E-state index contributed by atoms with van der Waals surface area (Å²) < 4.78 is 10.4. The molecule has 2 atom stereocenters. The Kier molecular flexibility index (Phi) is 4.66. The van der Waals surface area contributed by atoms with Crippen molar-refractivity contribution >= 4 is 17.7 Å². The third kappa shape index (κ3) is 3.06. The van der Waals surface area contributed by atoms with E-state index in [2.05, 4.69) is 6.07 Å². The molecule has 3 nitrogen and oxygen atoms in total. The van der Waals surface area contributed by atoms with Crippen LogP contribution in [0, 0.1) is 0 Å². The summed E-state index contributed by atoms with van der Waals surface area (Å²) >= 11 is 1.72. The summed E-state index contributed by atoms with van der Waals surface area (Å²) in [6.45, 7) is 2.39. The quantitative estimate of drug-likeness (QED) is 0.768. The average Bonchev–Trinajstić information content (AvgIpc) is 2.82. The highest BCUT2D eigenvalue weighted by Gasteiger charge is 2.30. The van der Waals surface area contributed by atoms with Gasteiger partial charge in [0.1, 0.15) is 0 Å². The molecule has 1 aromatic rings. The van der Waals surface area contributed by atoms with Gasteiger partial charge in [-0.25, -0.2) is 0 Å². The molecule has 0 saturated carbocycles. The molecule has 1 heterocycles. The molecule has 1 aliphatic heterocycles. The van der Waals surface area contributed by atoms with Crippen molar-refractivity contribution < 1.29 is 14.3 Å². The zero-order valence-corrected chi connectivity index (χ0v) is 11.5. The number of thioether (sulfide) groups is 1. The predicted octanol–water partition coefficient (Wildman–Crippen LogP) is 2.84. The van der Waals surface area contributed by atoms with Crippen LogP contribution in [0.1, 0.15) is 24.8 Å². The minimum atomic E-state index is -0.115. The fourth-order valence-electron chi connectivity index (χ4n) is 1.90. The molecular formula is C14H18O3S. The van der Waals surface area contributed by atoms with Gasteiger partial charge in [0.25, 0.3) is 0 Å². The molecule has 0 amide bonds. The van der Waals surface area contributed by atoms with Crippen LogP contribution < -0.4 is 0 Å². The number of methoxy groups -OCH3 is 1. The fraction of sp³-hybridized carbons (Fsp3) is 0.500. The first-order valence-electron chi connectivity index (χ1n) is 6.13. The molecule has 0 N–H and O–H groups in total. The molecule has 0 unspecified atom stereocenters. The van der Waals surface area contributed by atoms with E-state index >= 15 is 0 Å². The number of carbonyl (C=O) groups is 1. The maximum Gasteiger partial charge on any atom is 0.314 e. The van der Waals surface area contributed by atoms with Crippen LogP contribution in [0.2, 0.25) is 0 Å². The van der Waals surface area contributed by atoms with Gasteiger partial charge in [-0.15, -0.1) is 11.8 Å². The molecule has 0 spiro atoms. The van der Waals surface area contributed by atoms with Crippen LogP contribution in [0.3, 0.4) is 0 Å². The molecule has 0 radical (unpaired) electrons. The van der Waals surface area contributed by atoms with Crippen LogP contribution in [0.25, 0.3) is 0 Å². The maximum atomic E-state index is 12.0. The van der Waals surface area contributed by atoms with Crippen LogP contribution in [0.4, 0.5) is 0 Å². The van der Waals surface area contributed by atoms with E-state index in [1.54, 1.807) is 18.9 Å². The molecule has 4 heteroatoms. The Balaban J connectivity index is 1.88. The fourth-order valence-corrected chi connectivity index (χ4v) is 3.12. The molecule has 0 saturated heterocycles. The van der Waals surface area contributed by atoms with E-state index in [-0.39, 0.29) is 18.0 Å². The smallest absolute Gasteiger partial charge is 0.314 e. The van der Waals surface area contributed by atoms with Gasteiger partial charge in [-0.3, -0.25) is 4.79 Å². The first-order valence-corrected chi connectivity index (χ1v) is 7.12. The molecule has 2 rings (SSSR count). The normalized spacial score (nSPS) is 19.3. The summed E-state index contributed by atoms with van der Waals surface area (Å²) in [5.74, 6) is 0.567.